The smallest absolute Gasteiger partial charge is 0.270 e. The lowest BCUT2D eigenvalue weighted by molar-refractivity contribution is -0.0171. The van der Waals surface area contributed by atoms with E-state index in [2.05, 4.69) is 25.5 Å². The Bertz CT molecular complexity index is 728. The Morgan fingerprint density at radius 2 is 2.21 bits per heavy atom. The van der Waals surface area contributed by atoms with Crippen LogP contribution in [0.15, 0.2) is 18.3 Å². The number of nitrogens with two attached hydrogens (primary N) is 1. The molecule has 1 saturated heterocycles. The highest BCUT2D eigenvalue weighted by molar-refractivity contribution is 5.54. The standard InChI is InChI=1S/C15H19F2N7/c16-15(17)8-24(7-10(15)6-18)14-19-4-3-12(21-14)20-13-5-11(22-23-13)9-1-2-9/h3-5,9-10H,1-2,6-8,18H2,(H2,19,20,21,22,23). The maximum atomic E-state index is 13.9. The minimum absolute atomic E-state index is 0.0569. The fourth-order valence-corrected chi connectivity index (χ4v) is 2.95. The molecule has 1 saturated carbocycles. The molecule has 3 heterocycles. The summed E-state index contributed by atoms with van der Waals surface area (Å²) in [6, 6.07) is 3.64. The molecule has 2 aromatic rings. The molecule has 2 fully saturated rings. The van der Waals surface area contributed by atoms with E-state index >= 15 is 0 Å². The van der Waals surface area contributed by atoms with Crippen LogP contribution in [0, 0.1) is 5.92 Å². The Hall–Kier alpha value is -2.29. The van der Waals surface area contributed by atoms with Crippen LogP contribution in [0.3, 0.4) is 0 Å². The van der Waals surface area contributed by atoms with E-state index in [4.69, 9.17) is 5.73 Å². The molecular weight excluding hydrogens is 316 g/mol. The van der Waals surface area contributed by atoms with Gasteiger partial charge in [0.15, 0.2) is 5.82 Å². The first-order valence-electron chi connectivity index (χ1n) is 8.03. The molecule has 1 atom stereocenters. The largest absolute Gasteiger partial charge is 0.334 e. The highest BCUT2D eigenvalue weighted by Crippen LogP contribution is 2.39. The quantitative estimate of drug-likeness (QED) is 0.772. The number of aromatic nitrogens is 4. The Labute approximate surface area is 137 Å². The molecule has 2 aliphatic rings. The lowest BCUT2D eigenvalue weighted by atomic mass is 10.1. The van der Waals surface area contributed by atoms with Gasteiger partial charge < -0.3 is 16.0 Å². The van der Waals surface area contributed by atoms with Crippen LogP contribution in [-0.4, -0.2) is 45.7 Å². The Morgan fingerprint density at radius 3 is 2.92 bits per heavy atom. The molecule has 4 rings (SSSR count). The van der Waals surface area contributed by atoms with Crippen molar-refractivity contribution in [2.75, 3.05) is 29.9 Å². The van der Waals surface area contributed by atoms with E-state index in [-0.39, 0.29) is 19.0 Å². The molecule has 1 unspecified atom stereocenters. The first kappa shape index (κ1) is 15.3. The molecule has 128 valence electrons. The molecule has 1 aliphatic carbocycles. The third-order valence-electron chi connectivity index (χ3n) is 4.52. The molecule has 24 heavy (non-hydrogen) atoms. The number of hydrogen-bond donors (Lipinski definition) is 3. The van der Waals surface area contributed by atoms with Gasteiger partial charge in [0.1, 0.15) is 5.82 Å². The SMILES string of the molecule is NCC1CN(c2nccc(Nc3cc(C4CC4)[nH]n3)n2)CC1(F)F. The first-order chi connectivity index (χ1) is 11.5. The number of alkyl halides is 2. The molecule has 0 amide bonds. The molecular formula is C15H19F2N7. The lowest BCUT2D eigenvalue weighted by Gasteiger charge is -2.16. The fraction of sp³-hybridized carbons (Fsp3) is 0.533. The van der Waals surface area contributed by atoms with Crippen LogP contribution < -0.4 is 16.0 Å². The highest BCUT2D eigenvalue weighted by Gasteiger charge is 2.48. The van der Waals surface area contributed by atoms with Crippen LogP contribution in [-0.2, 0) is 0 Å². The zero-order valence-corrected chi connectivity index (χ0v) is 13.0. The third kappa shape index (κ3) is 2.91. The zero-order valence-electron chi connectivity index (χ0n) is 13.0. The number of nitrogens with one attached hydrogen (secondary N) is 2. The van der Waals surface area contributed by atoms with Gasteiger partial charge in [-0.1, -0.05) is 0 Å². The average molecular weight is 335 g/mol. The summed E-state index contributed by atoms with van der Waals surface area (Å²) in [6.07, 6.45) is 3.92. The van der Waals surface area contributed by atoms with Crippen LogP contribution in [0.5, 0.6) is 0 Å². The third-order valence-corrected chi connectivity index (χ3v) is 4.52. The number of halogens is 2. The van der Waals surface area contributed by atoms with Crippen molar-refractivity contribution in [2.24, 2.45) is 11.7 Å². The van der Waals surface area contributed by atoms with Crippen molar-refractivity contribution in [3.8, 4) is 0 Å². The van der Waals surface area contributed by atoms with Crippen LogP contribution in [0.2, 0.25) is 0 Å². The summed E-state index contributed by atoms with van der Waals surface area (Å²) in [4.78, 5) is 9.92. The molecule has 0 spiro atoms. The van der Waals surface area contributed by atoms with Gasteiger partial charge >= 0.3 is 0 Å². The minimum Gasteiger partial charge on any atom is -0.334 e. The summed E-state index contributed by atoms with van der Waals surface area (Å²) in [5.41, 5.74) is 6.55. The van der Waals surface area contributed by atoms with Gasteiger partial charge in [0.2, 0.25) is 5.95 Å². The number of anilines is 3. The molecule has 2 aromatic heterocycles. The van der Waals surface area contributed by atoms with Crippen LogP contribution in [0.25, 0.3) is 0 Å². The van der Waals surface area contributed by atoms with Crippen molar-refractivity contribution in [1.29, 1.82) is 0 Å². The predicted octanol–water partition coefficient (Wildman–Crippen LogP) is 1.85. The molecule has 0 aromatic carbocycles. The number of nitrogens with zero attached hydrogens (tertiary/aromatic N) is 4. The average Bonchev–Trinajstić information content (AvgIpc) is 3.23. The Morgan fingerprint density at radius 1 is 1.38 bits per heavy atom. The maximum Gasteiger partial charge on any atom is 0.270 e. The van der Waals surface area contributed by atoms with Crippen molar-refractivity contribution in [3.63, 3.8) is 0 Å². The summed E-state index contributed by atoms with van der Waals surface area (Å²) >= 11 is 0. The van der Waals surface area contributed by atoms with Crippen molar-refractivity contribution in [3.05, 3.63) is 24.0 Å². The summed E-state index contributed by atoms with van der Waals surface area (Å²) < 4.78 is 27.7. The van der Waals surface area contributed by atoms with E-state index in [9.17, 15) is 8.78 Å². The van der Waals surface area contributed by atoms with Gasteiger partial charge in [0.05, 0.1) is 12.5 Å². The maximum absolute atomic E-state index is 13.9. The zero-order chi connectivity index (χ0) is 16.7. The molecule has 7 nitrogen and oxygen atoms in total. The van der Waals surface area contributed by atoms with E-state index in [1.807, 2.05) is 6.07 Å². The van der Waals surface area contributed by atoms with E-state index in [1.54, 1.807) is 12.3 Å². The highest BCUT2D eigenvalue weighted by atomic mass is 19.3. The van der Waals surface area contributed by atoms with Gasteiger partial charge in [-0.2, -0.15) is 10.1 Å². The lowest BCUT2D eigenvalue weighted by Crippen LogP contribution is -2.32. The summed E-state index contributed by atoms with van der Waals surface area (Å²) in [7, 11) is 0. The number of aromatic amines is 1. The van der Waals surface area contributed by atoms with Gasteiger partial charge in [-0.25, -0.2) is 13.8 Å². The number of rotatable bonds is 5. The van der Waals surface area contributed by atoms with E-state index in [0.29, 0.717) is 17.6 Å². The van der Waals surface area contributed by atoms with Crippen molar-refractivity contribution < 1.29 is 8.78 Å². The second kappa shape index (κ2) is 5.66. The monoisotopic (exact) mass is 335 g/mol. The van der Waals surface area contributed by atoms with Crippen molar-refractivity contribution >= 4 is 17.6 Å². The minimum atomic E-state index is -2.82. The van der Waals surface area contributed by atoms with Crippen LogP contribution in [0.1, 0.15) is 24.5 Å². The van der Waals surface area contributed by atoms with Crippen LogP contribution in [0.4, 0.5) is 26.4 Å². The van der Waals surface area contributed by atoms with Gasteiger partial charge in [-0.05, 0) is 18.9 Å². The second-order valence-corrected chi connectivity index (χ2v) is 6.42. The summed E-state index contributed by atoms with van der Waals surface area (Å²) in [5.74, 6) is -1.66. The normalized spacial score (nSPS) is 22.8. The van der Waals surface area contributed by atoms with E-state index in [1.165, 1.54) is 17.7 Å². The first-order valence-corrected chi connectivity index (χ1v) is 8.03. The van der Waals surface area contributed by atoms with Crippen molar-refractivity contribution in [2.45, 2.75) is 24.7 Å². The Kier molecular flexibility index (Phi) is 3.60. The van der Waals surface area contributed by atoms with E-state index < -0.39 is 18.4 Å². The molecule has 1 aliphatic heterocycles. The molecule has 9 heteroatoms. The van der Waals surface area contributed by atoms with Crippen LogP contribution >= 0.6 is 0 Å². The van der Waals surface area contributed by atoms with E-state index in [0.717, 1.165) is 5.69 Å². The number of H-pyrrole nitrogens is 1. The molecule has 4 N–H and O–H groups in total. The topological polar surface area (TPSA) is 95.8 Å². The molecule has 0 radical (unpaired) electrons. The summed E-state index contributed by atoms with van der Waals surface area (Å²) in [6.45, 7) is -0.313. The second-order valence-electron chi connectivity index (χ2n) is 6.42. The summed E-state index contributed by atoms with van der Waals surface area (Å²) in [5, 5.41) is 10.3. The number of hydrogen-bond acceptors (Lipinski definition) is 6. The van der Waals surface area contributed by atoms with Gasteiger partial charge in [-0.15, -0.1) is 0 Å². The fourth-order valence-electron chi connectivity index (χ4n) is 2.95. The Balaban J connectivity index is 1.49. The van der Waals surface area contributed by atoms with Gasteiger partial charge in [0.25, 0.3) is 5.92 Å². The van der Waals surface area contributed by atoms with Crippen molar-refractivity contribution in [1.82, 2.24) is 20.2 Å². The van der Waals surface area contributed by atoms with Gasteiger partial charge in [0, 0.05) is 37.0 Å². The predicted molar refractivity (Wildman–Crippen MR) is 85.6 cm³/mol. The van der Waals surface area contributed by atoms with Gasteiger partial charge in [-0.3, -0.25) is 5.10 Å². The molecule has 0 bridgehead atoms.